The van der Waals surface area contributed by atoms with Gasteiger partial charge in [0.15, 0.2) is 0 Å². The highest BCUT2D eigenvalue weighted by molar-refractivity contribution is 5.21. The summed E-state index contributed by atoms with van der Waals surface area (Å²) in [6, 6.07) is 7.07. The topological polar surface area (TPSA) is 29.3 Å². The van der Waals surface area contributed by atoms with E-state index in [1.165, 1.54) is 38.2 Å². The number of benzene rings is 1. The van der Waals surface area contributed by atoms with Crippen molar-refractivity contribution in [1.29, 1.82) is 0 Å². The molecule has 0 amide bonds. The number of halogens is 1. The maximum Gasteiger partial charge on any atom is 0.123 e. The molecule has 1 fully saturated rings. The Labute approximate surface area is 128 Å². The van der Waals surface area contributed by atoms with Crippen molar-refractivity contribution in [2.24, 2.45) is 11.7 Å². The van der Waals surface area contributed by atoms with Gasteiger partial charge in [-0.3, -0.25) is 4.90 Å². The SMILES string of the molecule is CCCC1CCCN(C(c2cccc(F)c2)C(C)N)CC1. The van der Waals surface area contributed by atoms with Crippen LogP contribution in [0.5, 0.6) is 0 Å². The molecule has 0 aliphatic carbocycles. The highest BCUT2D eigenvalue weighted by atomic mass is 19.1. The van der Waals surface area contributed by atoms with E-state index in [0.717, 1.165) is 24.6 Å². The zero-order valence-corrected chi connectivity index (χ0v) is 13.4. The summed E-state index contributed by atoms with van der Waals surface area (Å²) in [5.74, 6) is 0.679. The van der Waals surface area contributed by atoms with Crippen molar-refractivity contribution in [3.05, 3.63) is 35.6 Å². The van der Waals surface area contributed by atoms with Crippen molar-refractivity contribution < 1.29 is 4.39 Å². The standard InChI is InChI=1S/C18H29FN2/c1-3-6-15-7-5-11-21(12-10-15)18(14(2)20)16-8-4-9-17(19)13-16/h4,8-9,13-15,18H,3,5-7,10-12,20H2,1-2H3. The molecule has 1 saturated heterocycles. The number of hydrogen-bond donors (Lipinski definition) is 1. The van der Waals surface area contributed by atoms with Crippen LogP contribution in [0.15, 0.2) is 24.3 Å². The first-order valence-electron chi connectivity index (χ1n) is 8.37. The van der Waals surface area contributed by atoms with Gasteiger partial charge in [-0.2, -0.15) is 0 Å². The zero-order valence-electron chi connectivity index (χ0n) is 13.4. The lowest BCUT2D eigenvalue weighted by molar-refractivity contribution is 0.180. The Kier molecular flexibility index (Phi) is 6.19. The van der Waals surface area contributed by atoms with Crippen LogP contribution < -0.4 is 5.73 Å². The van der Waals surface area contributed by atoms with E-state index in [1.807, 2.05) is 13.0 Å². The molecule has 1 aromatic rings. The Balaban J connectivity index is 2.11. The van der Waals surface area contributed by atoms with Crippen LogP contribution in [0.1, 0.15) is 57.6 Å². The van der Waals surface area contributed by atoms with E-state index in [1.54, 1.807) is 12.1 Å². The second-order valence-corrected chi connectivity index (χ2v) is 6.48. The highest BCUT2D eigenvalue weighted by Gasteiger charge is 2.26. The highest BCUT2D eigenvalue weighted by Crippen LogP contribution is 2.29. The van der Waals surface area contributed by atoms with Gasteiger partial charge in [-0.15, -0.1) is 0 Å². The van der Waals surface area contributed by atoms with Crippen LogP contribution in [0.2, 0.25) is 0 Å². The van der Waals surface area contributed by atoms with E-state index < -0.39 is 0 Å². The second-order valence-electron chi connectivity index (χ2n) is 6.48. The van der Waals surface area contributed by atoms with Gasteiger partial charge in [0.2, 0.25) is 0 Å². The minimum atomic E-state index is -0.170. The summed E-state index contributed by atoms with van der Waals surface area (Å²) >= 11 is 0. The third-order valence-electron chi connectivity index (χ3n) is 4.66. The summed E-state index contributed by atoms with van der Waals surface area (Å²) < 4.78 is 13.5. The van der Waals surface area contributed by atoms with Crippen LogP contribution in [0.4, 0.5) is 4.39 Å². The largest absolute Gasteiger partial charge is 0.326 e. The number of hydrogen-bond acceptors (Lipinski definition) is 2. The molecule has 118 valence electrons. The van der Waals surface area contributed by atoms with E-state index in [-0.39, 0.29) is 17.9 Å². The Morgan fingerprint density at radius 2 is 2.14 bits per heavy atom. The Bertz CT molecular complexity index is 433. The van der Waals surface area contributed by atoms with Gasteiger partial charge < -0.3 is 5.73 Å². The molecule has 2 rings (SSSR count). The molecule has 0 saturated carbocycles. The van der Waals surface area contributed by atoms with Crippen LogP contribution in [-0.4, -0.2) is 24.0 Å². The lowest BCUT2D eigenvalue weighted by Crippen LogP contribution is -2.40. The summed E-state index contributed by atoms with van der Waals surface area (Å²) in [6.45, 7) is 6.44. The van der Waals surface area contributed by atoms with E-state index in [4.69, 9.17) is 5.73 Å². The first-order valence-corrected chi connectivity index (χ1v) is 8.37. The number of nitrogens with zero attached hydrogens (tertiary/aromatic N) is 1. The van der Waals surface area contributed by atoms with Crippen molar-refractivity contribution in [3.8, 4) is 0 Å². The molecule has 2 nitrogen and oxygen atoms in total. The molecule has 1 aliphatic rings. The molecule has 1 aliphatic heterocycles. The van der Waals surface area contributed by atoms with Crippen LogP contribution in [-0.2, 0) is 0 Å². The molecule has 3 unspecified atom stereocenters. The van der Waals surface area contributed by atoms with Crippen molar-refractivity contribution in [2.75, 3.05) is 13.1 Å². The lowest BCUT2D eigenvalue weighted by Gasteiger charge is -2.34. The van der Waals surface area contributed by atoms with E-state index in [2.05, 4.69) is 11.8 Å². The first-order chi connectivity index (χ1) is 10.1. The molecular weight excluding hydrogens is 263 g/mol. The van der Waals surface area contributed by atoms with Gasteiger partial charge >= 0.3 is 0 Å². The Morgan fingerprint density at radius 1 is 1.33 bits per heavy atom. The first kappa shape index (κ1) is 16.4. The summed E-state index contributed by atoms with van der Waals surface area (Å²) in [5, 5.41) is 0. The molecule has 3 heteroatoms. The summed E-state index contributed by atoms with van der Waals surface area (Å²) in [7, 11) is 0. The monoisotopic (exact) mass is 292 g/mol. The smallest absolute Gasteiger partial charge is 0.123 e. The zero-order chi connectivity index (χ0) is 15.2. The molecule has 0 aromatic heterocycles. The lowest BCUT2D eigenvalue weighted by atomic mass is 9.95. The van der Waals surface area contributed by atoms with Crippen molar-refractivity contribution in [3.63, 3.8) is 0 Å². The fourth-order valence-electron chi connectivity index (χ4n) is 3.70. The third kappa shape index (κ3) is 4.52. The summed E-state index contributed by atoms with van der Waals surface area (Å²) in [4.78, 5) is 2.47. The Hall–Kier alpha value is -0.930. The molecule has 0 spiro atoms. The molecule has 21 heavy (non-hydrogen) atoms. The predicted octanol–water partition coefficient (Wildman–Crippen LogP) is 4.12. The molecule has 1 aromatic carbocycles. The summed E-state index contributed by atoms with van der Waals surface area (Å²) in [6.07, 6.45) is 6.39. The van der Waals surface area contributed by atoms with E-state index in [9.17, 15) is 4.39 Å². The number of likely N-dealkylation sites (tertiary alicyclic amines) is 1. The molecule has 0 bridgehead atoms. The van der Waals surface area contributed by atoms with Gasteiger partial charge in [0.05, 0.1) is 0 Å². The van der Waals surface area contributed by atoms with Crippen LogP contribution >= 0.6 is 0 Å². The van der Waals surface area contributed by atoms with Crippen LogP contribution in [0.3, 0.4) is 0 Å². The van der Waals surface area contributed by atoms with Crippen molar-refractivity contribution in [2.45, 2.75) is 58.0 Å². The Morgan fingerprint density at radius 3 is 2.81 bits per heavy atom. The predicted molar refractivity (Wildman–Crippen MR) is 86.6 cm³/mol. The van der Waals surface area contributed by atoms with E-state index in [0.29, 0.717) is 0 Å². The minimum absolute atomic E-state index is 0.00882. The quantitative estimate of drug-likeness (QED) is 0.884. The van der Waals surface area contributed by atoms with Crippen LogP contribution in [0, 0.1) is 11.7 Å². The minimum Gasteiger partial charge on any atom is -0.326 e. The molecule has 3 atom stereocenters. The second kappa shape index (κ2) is 7.90. The average Bonchev–Trinajstić information content (AvgIpc) is 2.65. The van der Waals surface area contributed by atoms with Gasteiger partial charge in [0, 0.05) is 12.1 Å². The third-order valence-corrected chi connectivity index (χ3v) is 4.66. The van der Waals surface area contributed by atoms with Crippen molar-refractivity contribution >= 4 is 0 Å². The maximum atomic E-state index is 13.5. The normalized spacial score (nSPS) is 23.5. The van der Waals surface area contributed by atoms with Crippen molar-refractivity contribution in [1.82, 2.24) is 4.90 Å². The van der Waals surface area contributed by atoms with Gasteiger partial charge in [-0.05, 0) is 62.9 Å². The fraction of sp³-hybridized carbons (Fsp3) is 0.667. The molecule has 1 heterocycles. The molecule has 0 radical (unpaired) electrons. The van der Waals surface area contributed by atoms with Gasteiger partial charge in [0.25, 0.3) is 0 Å². The van der Waals surface area contributed by atoms with E-state index >= 15 is 0 Å². The summed E-state index contributed by atoms with van der Waals surface area (Å²) in [5.41, 5.74) is 7.24. The van der Waals surface area contributed by atoms with Gasteiger partial charge in [0.1, 0.15) is 5.82 Å². The van der Waals surface area contributed by atoms with Gasteiger partial charge in [-0.25, -0.2) is 4.39 Å². The number of nitrogens with two attached hydrogens (primary N) is 1. The van der Waals surface area contributed by atoms with Crippen LogP contribution in [0.25, 0.3) is 0 Å². The van der Waals surface area contributed by atoms with Gasteiger partial charge in [-0.1, -0.05) is 31.9 Å². The molecular formula is C18H29FN2. The maximum absolute atomic E-state index is 13.5. The molecule has 2 N–H and O–H groups in total. The average molecular weight is 292 g/mol. The number of rotatable bonds is 5. The fourth-order valence-corrected chi connectivity index (χ4v) is 3.70.